The van der Waals surface area contributed by atoms with E-state index >= 15 is 0 Å². The topological polar surface area (TPSA) is 46.6 Å². The Kier molecular flexibility index (Phi) is 7.80. The molecular formula is C15H25NO3S. The van der Waals surface area contributed by atoms with Crippen molar-refractivity contribution >= 4 is 9.84 Å². The molecule has 1 fully saturated rings. The van der Waals surface area contributed by atoms with Crippen molar-refractivity contribution in [3.05, 3.63) is 35.9 Å². The first-order chi connectivity index (χ1) is 9.57. The van der Waals surface area contributed by atoms with E-state index in [0.717, 1.165) is 19.6 Å². The zero-order valence-electron chi connectivity index (χ0n) is 12.4. The third-order valence-electron chi connectivity index (χ3n) is 3.09. The molecule has 1 heterocycles. The monoisotopic (exact) mass is 299 g/mol. The van der Waals surface area contributed by atoms with Crippen molar-refractivity contribution in [2.45, 2.75) is 19.9 Å². The summed E-state index contributed by atoms with van der Waals surface area (Å²) >= 11 is 0. The Morgan fingerprint density at radius 1 is 1.15 bits per heavy atom. The van der Waals surface area contributed by atoms with E-state index in [-0.39, 0.29) is 0 Å². The Balaban J connectivity index is 0.000000347. The quantitative estimate of drug-likeness (QED) is 0.852. The predicted octanol–water partition coefficient (Wildman–Crippen LogP) is 1.96. The van der Waals surface area contributed by atoms with Gasteiger partial charge < -0.3 is 4.74 Å². The summed E-state index contributed by atoms with van der Waals surface area (Å²) < 4.78 is 27.1. The molecule has 0 spiro atoms. The maximum Gasteiger partial charge on any atom is 0.152 e. The van der Waals surface area contributed by atoms with Crippen molar-refractivity contribution in [2.24, 2.45) is 0 Å². The molecule has 0 saturated carbocycles. The van der Waals surface area contributed by atoms with Crippen LogP contribution in [0.2, 0.25) is 0 Å². The lowest BCUT2D eigenvalue weighted by Crippen LogP contribution is -2.39. The molecule has 0 atom stereocenters. The van der Waals surface area contributed by atoms with Gasteiger partial charge in [-0.15, -0.1) is 0 Å². The van der Waals surface area contributed by atoms with Crippen molar-refractivity contribution in [2.75, 3.05) is 38.3 Å². The van der Waals surface area contributed by atoms with Crippen LogP contribution >= 0.6 is 0 Å². The number of ether oxygens (including phenoxy) is 1. The number of hydrogen-bond acceptors (Lipinski definition) is 4. The summed E-state index contributed by atoms with van der Waals surface area (Å²) in [5.74, 6) is 0.611. The minimum atomic E-state index is -2.75. The Morgan fingerprint density at radius 3 is 2.20 bits per heavy atom. The van der Waals surface area contributed by atoms with Gasteiger partial charge in [0, 0.05) is 33.4 Å². The summed E-state index contributed by atoms with van der Waals surface area (Å²) in [5, 5.41) is 0. The first-order valence-electron chi connectivity index (χ1n) is 7.03. The number of methoxy groups -OCH3 is 1. The van der Waals surface area contributed by atoms with Gasteiger partial charge in [0.05, 0.1) is 11.5 Å². The molecule has 0 aromatic heterocycles. The van der Waals surface area contributed by atoms with Gasteiger partial charge in [-0.3, -0.25) is 4.90 Å². The molecule has 0 unspecified atom stereocenters. The summed E-state index contributed by atoms with van der Waals surface area (Å²) in [5.41, 5.74) is 1.25. The van der Waals surface area contributed by atoms with Crippen LogP contribution in [0.4, 0.5) is 0 Å². The molecule has 5 heteroatoms. The molecule has 0 amide bonds. The normalized spacial score (nSPS) is 18.1. The van der Waals surface area contributed by atoms with Crippen LogP contribution in [0.3, 0.4) is 0 Å². The van der Waals surface area contributed by atoms with Crippen LogP contribution in [-0.2, 0) is 21.1 Å². The predicted molar refractivity (Wildman–Crippen MR) is 82.5 cm³/mol. The van der Waals surface area contributed by atoms with Crippen molar-refractivity contribution < 1.29 is 13.2 Å². The minimum absolute atomic E-state index is 0.305. The number of hydrogen-bond donors (Lipinski definition) is 0. The highest BCUT2D eigenvalue weighted by Gasteiger charge is 2.21. The molecule has 1 aromatic carbocycles. The van der Waals surface area contributed by atoms with Crippen LogP contribution in [0.5, 0.6) is 0 Å². The fourth-order valence-electron chi connectivity index (χ4n) is 1.95. The van der Waals surface area contributed by atoms with Gasteiger partial charge in [-0.25, -0.2) is 8.42 Å². The molecule has 0 aliphatic carbocycles. The van der Waals surface area contributed by atoms with E-state index in [2.05, 4.69) is 24.0 Å². The highest BCUT2D eigenvalue weighted by molar-refractivity contribution is 7.91. The second kappa shape index (κ2) is 9.10. The highest BCUT2D eigenvalue weighted by atomic mass is 32.2. The van der Waals surface area contributed by atoms with E-state index in [4.69, 9.17) is 4.74 Å². The van der Waals surface area contributed by atoms with Crippen LogP contribution in [0, 0.1) is 0 Å². The molecule has 0 radical (unpaired) electrons. The molecule has 114 valence electrons. The molecule has 2 rings (SSSR count). The number of nitrogens with zero attached hydrogens (tertiary/aromatic N) is 1. The van der Waals surface area contributed by atoms with Gasteiger partial charge >= 0.3 is 0 Å². The van der Waals surface area contributed by atoms with Crippen molar-refractivity contribution in [3.63, 3.8) is 0 Å². The number of sulfone groups is 1. The molecule has 4 nitrogen and oxygen atoms in total. The molecule has 0 bridgehead atoms. The van der Waals surface area contributed by atoms with Crippen LogP contribution in [0.25, 0.3) is 0 Å². The summed E-state index contributed by atoms with van der Waals surface area (Å²) in [7, 11) is -1.04. The number of benzene rings is 1. The maximum absolute atomic E-state index is 11.2. The summed E-state index contributed by atoms with van der Waals surface area (Å²) in [6, 6.07) is 10.2. The zero-order chi connectivity index (χ0) is 14.8. The first-order valence-corrected chi connectivity index (χ1v) is 8.85. The van der Waals surface area contributed by atoms with Crippen molar-refractivity contribution in [1.82, 2.24) is 4.90 Å². The van der Waals surface area contributed by atoms with Crippen LogP contribution in [-0.4, -0.2) is 51.6 Å². The third-order valence-corrected chi connectivity index (χ3v) is 4.70. The molecule has 1 aliphatic rings. The van der Waals surface area contributed by atoms with E-state index in [1.54, 1.807) is 7.11 Å². The van der Waals surface area contributed by atoms with Crippen molar-refractivity contribution in [1.29, 1.82) is 0 Å². The van der Waals surface area contributed by atoms with Crippen molar-refractivity contribution in [3.8, 4) is 0 Å². The molecule has 1 aliphatic heterocycles. The van der Waals surface area contributed by atoms with E-state index in [0.29, 0.717) is 24.6 Å². The van der Waals surface area contributed by atoms with Crippen LogP contribution < -0.4 is 0 Å². The first kappa shape index (κ1) is 17.1. The SMILES string of the molecule is CCCOC.O=S1(=O)CCN(Cc2ccccc2)CC1. The lowest BCUT2D eigenvalue weighted by Gasteiger charge is -2.26. The molecular weight excluding hydrogens is 274 g/mol. The summed E-state index contributed by atoms with van der Waals surface area (Å²) in [4.78, 5) is 2.19. The Morgan fingerprint density at radius 2 is 1.75 bits per heavy atom. The number of rotatable bonds is 4. The lowest BCUT2D eigenvalue weighted by molar-refractivity contribution is 0.199. The summed E-state index contributed by atoms with van der Waals surface area (Å²) in [6.45, 7) is 5.16. The molecule has 1 aromatic rings. The molecule has 20 heavy (non-hydrogen) atoms. The Hall–Kier alpha value is -0.910. The van der Waals surface area contributed by atoms with E-state index in [1.807, 2.05) is 18.2 Å². The fourth-order valence-corrected chi connectivity index (χ4v) is 3.23. The zero-order valence-corrected chi connectivity index (χ0v) is 13.2. The van der Waals surface area contributed by atoms with Gasteiger partial charge in [-0.05, 0) is 12.0 Å². The van der Waals surface area contributed by atoms with Gasteiger partial charge in [0.1, 0.15) is 0 Å². The third kappa shape index (κ3) is 7.03. The average molecular weight is 299 g/mol. The van der Waals surface area contributed by atoms with Crippen LogP contribution in [0.1, 0.15) is 18.9 Å². The van der Waals surface area contributed by atoms with E-state index < -0.39 is 9.84 Å². The Bertz CT molecular complexity index is 443. The van der Waals surface area contributed by atoms with Gasteiger partial charge in [0.2, 0.25) is 0 Å². The van der Waals surface area contributed by atoms with Crippen LogP contribution in [0.15, 0.2) is 30.3 Å². The maximum atomic E-state index is 11.2. The highest BCUT2D eigenvalue weighted by Crippen LogP contribution is 2.09. The largest absolute Gasteiger partial charge is 0.385 e. The summed E-state index contributed by atoms with van der Waals surface area (Å²) in [6.07, 6.45) is 1.12. The average Bonchev–Trinajstić information content (AvgIpc) is 2.44. The van der Waals surface area contributed by atoms with Gasteiger partial charge in [0.15, 0.2) is 9.84 Å². The molecule has 1 saturated heterocycles. The van der Waals surface area contributed by atoms with Gasteiger partial charge in [0.25, 0.3) is 0 Å². The fraction of sp³-hybridized carbons (Fsp3) is 0.600. The second-order valence-corrected chi connectivity index (χ2v) is 7.21. The van der Waals surface area contributed by atoms with E-state index in [9.17, 15) is 8.42 Å². The standard InChI is InChI=1S/C11H15NO2S.C4H10O/c13-15(14)8-6-12(7-9-15)10-11-4-2-1-3-5-11;1-3-4-5-2/h1-5H,6-10H2;3-4H2,1-2H3. The Labute approximate surface area is 122 Å². The molecule has 0 N–H and O–H groups in total. The van der Waals surface area contributed by atoms with Gasteiger partial charge in [-0.1, -0.05) is 37.3 Å². The second-order valence-electron chi connectivity index (χ2n) is 4.91. The van der Waals surface area contributed by atoms with E-state index in [1.165, 1.54) is 5.56 Å². The smallest absolute Gasteiger partial charge is 0.152 e. The van der Waals surface area contributed by atoms with Gasteiger partial charge in [-0.2, -0.15) is 0 Å². The lowest BCUT2D eigenvalue weighted by atomic mass is 10.2. The minimum Gasteiger partial charge on any atom is -0.385 e.